The molecule has 0 aliphatic heterocycles. The highest BCUT2D eigenvalue weighted by Gasteiger charge is 2.34. The second-order valence-electron chi connectivity index (χ2n) is 4.81. The van der Waals surface area contributed by atoms with Gasteiger partial charge in [-0.1, -0.05) is 12.1 Å². The summed E-state index contributed by atoms with van der Waals surface area (Å²) >= 11 is 3.29. The first-order valence-corrected chi connectivity index (χ1v) is 7.85. The lowest BCUT2D eigenvalue weighted by Crippen LogP contribution is -2.26. The van der Waals surface area contributed by atoms with E-state index in [-0.39, 0.29) is 11.4 Å². The van der Waals surface area contributed by atoms with Crippen molar-refractivity contribution in [3.8, 4) is 0 Å². The molecule has 1 heterocycles. The Balaban J connectivity index is 2.74. The zero-order valence-corrected chi connectivity index (χ0v) is 14.9. The molecule has 1 amide bonds. The highest BCUT2D eigenvalue weighted by molar-refractivity contribution is 9.10. The number of hydrogen-bond acceptors (Lipinski definition) is 3. The van der Waals surface area contributed by atoms with E-state index in [4.69, 9.17) is 0 Å². The van der Waals surface area contributed by atoms with Crippen LogP contribution in [-0.4, -0.2) is 31.3 Å². The lowest BCUT2D eigenvalue weighted by atomic mass is 10.1. The van der Waals surface area contributed by atoms with Crippen molar-refractivity contribution in [3.05, 3.63) is 52.1 Å². The zero-order valence-electron chi connectivity index (χ0n) is 13.3. The van der Waals surface area contributed by atoms with Crippen molar-refractivity contribution in [2.75, 3.05) is 19.0 Å². The minimum atomic E-state index is -4.64. The number of benzene rings is 1. The summed E-state index contributed by atoms with van der Waals surface area (Å²) in [5.74, 6) is 0.127. The zero-order chi connectivity index (χ0) is 18.6. The fourth-order valence-corrected chi connectivity index (χ4v) is 2.69. The quantitative estimate of drug-likeness (QED) is 0.470. The van der Waals surface area contributed by atoms with Crippen LogP contribution in [0.15, 0.2) is 45.9 Å². The van der Waals surface area contributed by atoms with Gasteiger partial charge in [0.15, 0.2) is 5.82 Å². The molecule has 9 heteroatoms. The number of aliphatic imine (C=N–C) groups is 1. The first-order valence-electron chi connectivity index (χ1n) is 7.05. The van der Waals surface area contributed by atoms with Gasteiger partial charge in [-0.05, 0) is 40.2 Å². The Hall–Kier alpha value is -2.42. The molecule has 2 aromatic rings. The molecule has 25 heavy (non-hydrogen) atoms. The van der Waals surface area contributed by atoms with Crippen LogP contribution in [0.4, 0.5) is 24.7 Å². The lowest BCUT2D eigenvalue weighted by Gasteiger charge is -2.22. The van der Waals surface area contributed by atoms with E-state index in [1.807, 2.05) is 0 Å². The molecule has 5 nitrogen and oxygen atoms in total. The summed E-state index contributed by atoms with van der Waals surface area (Å²) in [6.45, 7) is 0. The minimum Gasteiger partial charge on any atom is -0.373 e. The van der Waals surface area contributed by atoms with Gasteiger partial charge in [0.2, 0.25) is 6.41 Å². The predicted octanol–water partition coefficient (Wildman–Crippen LogP) is 3.75. The van der Waals surface area contributed by atoms with Crippen molar-refractivity contribution >= 4 is 39.7 Å². The molecule has 1 aromatic carbocycles. The number of hydrogen-bond donors (Lipinski definition) is 1. The van der Waals surface area contributed by atoms with Crippen LogP contribution in [0.2, 0.25) is 0 Å². The third-order valence-electron chi connectivity index (χ3n) is 3.33. The van der Waals surface area contributed by atoms with E-state index in [2.05, 4.69) is 31.2 Å². The van der Waals surface area contributed by atoms with E-state index in [1.54, 1.807) is 31.3 Å². The Bertz CT molecular complexity index is 808. The number of nitrogens with zero attached hydrogens (tertiary/aromatic N) is 3. The van der Waals surface area contributed by atoms with Gasteiger partial charge in [0.1, 0.15) is 11.5 Å². The van der Waals surface area contributed by atoms with Crippen molar-refractivity contribution in [1.29, 1.82) is 0 Å². The van der Waals surface area contributed by atoms with Crippen LogP contribution in [0.1, 0.15) is 11.3 Å². The number of alkyl halides is 3. The standard InChI is InChI=1S/C16H14BrF3N4O/c1-21-14(22-2)10-7-8-13(16(18,19)20)23-15(10)24(9-25)12-6-4-3-5-11(12)17/h3-9H,1-2H3,(H,21,22). The van der Waals surface area contributed by atoms with Crippen molar-refractivity contribution in [2.24, 2.45) is 4.99 Å². The molecule has 0 atom stereocenters. The first-order chi connectivity index (χ1) is 11.8. The summed E-state index contributed by atoms with van der Waals surface area (Å²) in [6.07, 6.45) is -4.23. The van der Waals surface area contributed by atoms with Gasteiger partial charge >= 0.3 is 6.18 Å². The number of nitrogens with one attached hydrogen (secondary N) is 1. The highest BCUT2D eigenvalue weighted by atomic mass is 79.9. The van der Waals surface area contributed by atoms with Crippen LogP contribution in [0.25, 0.3) is 0 Å². The second-order valence-corrected chi connectivity index (χ2v) is 5.67. The smallest absolute Gasteiger partial charge is 0.373 e. The van der Waals surface area contributed by atoms with E-state index in [1.165, 1.54) is 13.1 Å². The third-order valence-corrected chi connectivity index (χ3v) is 4.00. The monoisotopic (exact) mass is 414 g/mol. The molecular weight excluding hydrogens is 401 g/mol. The molecule has 0 radical (unpaired) electrons. The number of rotatable bonds is 4. The van der Waals surface area contributed by atoms with E-state index in [0.717, 1.165) is 11.0 Å². The van der Waals surface area contributed by atoms with Crippen LogP contribution in [0.5, 0.6) is 0 Å². The summed E-state index contributed by atoms with van der Waals surface area (Å²) in [6, 6.07) is 8.74. The van der Waals surface area contributed by atoms with Gasteiger partial charge in [-0.15, -0.1) is 0 Å². The number of amides is 1. The van der Waals surface area contributed by atoms with E-state index in [9.17, 15) is 18.0 Å². The van der Waals surface area contributed by atoms with Crippen LogP contribution in [0, 0.1) is 0 Å². The molecule has 0 unspecified atom stereocenters. The number of halogens is 4. The van der Waals surface area contributed by atoms with Crippen LogP contribution < -0.4 is 10.2 Å². The van der Waals surface area contributed by atoms with Crippen molar-refractivity contribution < 1.29 is 18.0 Å². The van der Waals surface area contributed by atoms with Crippen molar-refractivity contribution in [1.82, 2.24) is 10.3 Å². The van der Waals surface area contributed by atoms with E-state index in [0.29, 0.717) is 22.4 Å². The summed E-state index contributed by atoms with van der Waals surface area (Å²) in [5.41, 5.74) is -0.477. The number of carbonyl (C=O) groups excluding carboxylic acids is 1. The first kappa shape index (κ1) is 18.9. The average Bonchev–Trinajstić information content (AvgIpc) is 2.58. The molecule has 0 saturated carbocycles. The van der Waals surface area contributed by atoms with Crippen molar-refractivity contribution in [2.45, 2.75) is 6.18 Å². The number of carbonyl (C=O) groups is 1. The fourth-order valence-electron chi connectivity index (χ4n) is 2.21. The molecular formula is C16H14BrF3N4O. The van der Waals surface area contributed by atoms with Gasteiger partial charge in [0.05, 0.1) is 11.3 Å². The Morgan fingerprint density at radius 1 is 1.28 bits per heavy atom. The Morgan fingerprint density at radius 2 is 1.96 bits per heavy atom. The van der Waals surface area contributed by atoms with Crippen LogP contribution in [0.3, 0.4) is 0 Å². The van der Waals surface area contributed by atoms with Crippen LogP contribution in [-0.2, 0) is 11.0 Å². The van der Waals surface area contributed by atoms with Crippen LogP contribution >= 0.6 is 15.9 Å². The molecule has 0 aliphatic carbocycles. The summed E-state index contributed by atoms with van der Waals surface area (Å²) in [4.78, 5) is 20.4. The largest absolute Gasteiger partial charge is 0.433 e. The number of amidine groups is 1. The molecule has 0 bridgehead atoms. The molecule has 0 aliphatic rings. The van der Waals surface area contributed by atoms with E-state index >= 15 is 0 Å². The topological polar surface area (TPSA) is 57.6 Å². The third kappa shape index (κ3) is 3.98. The summed E-state index contributed by atoms with van der Waals surface area (Å²) in [5, 5.41) is 2.79. The predicted molar refractivity (Wildman–Crippen MR) is 93.1 cm³/mol. The number of aromatic nitrogens is 1. The maximum atomic E-state index is 13.1. The maximum absolute atomic E-state index is 13.1. The molecule has 0 saturated heterocycles. The molecule has 1 N–H and O–H groups in total. The van der Waals surface area contributed by atoms with E-state index < -0.39 is 11.9 Å². The van der Waals surface area contributed by atoms with Gasteiger partial charge in [0.25, 0.3) is 0 Å². The molecule has 132 valence electrons. The normalized spacial score (nSPS) is 12.0. The van der Waals surface area contributed by atoms with Gasteiger partial charge in [-0.2, -0.15) is 13.2 Å². The minimum absolute atomic E-state index is 0.174. The number of pyridine rings is 1. The Morgan fingerprint density at radius 3 is 2.48 bits per heavy atom. The van der Waals surface area contributed by atoms with Gasteiger partial charge in [-0.3, -0.25) is 14.7 Å². The number of anilines is 2. The molecule has 1 aromatic heterocycles. The molecule has 0 spiro atoms. The highest BCUT2D eigenvalue weighted by Crippen LogP contribution is 2.35. The van der Waals surface area contributed by atoms with Gasteiger partial charge in [0, 0.05) is 18.6 Å². The molecule has 2 rings (SSSR count). The second kappa shape index (κ2) is 7.64. The van der Waals surface area contributed by atoms with Crippen molar-refractivity contribution in [3.63, 3.8) is 0 Å². The fraction of sp³-hybridized carbons (Fsp3) is 0.188. The average molecular weight is 415 g/mol. The lowest BCUT2D eigenvalue weighted by molar-refractivity contribution is -0.141. The maximum Gasteiger partial charge on any atom is 0.433 e. The van der Waals surface area contributed by atoms with Gasteiger partial charge < -0.3 is 5.32 Å². The summed E-state index contributed by atoms with van der Waals surface area (Å²) < 4.78 is 39.8. The Labute approximate surface area is 150 Å². The summed E-state index contributed by atoms with van der Waals surface area (Å²) in [7, 11) is 3.06. The van der Waals surface area contributed by atoms with Gasteiger partial charge in [-0.25, -0.2) is 4.98 Å². The number of para-hydroxylation sites is 1. The molecule has 0 fully saturated rings. The SMILES string of the molecule is CN=C(NC)c1ccc(C(F)(F)F)nc1N(C=O)c1ccccc1Br. The Kier molecular flexibility index (Phi) is 5.78.